The zero-order valence-electron chi connectivity index (χ0n) is 12.0. The van der Waals surface area contributed by atoms with Crippen molar-refractivity contribution in [3.63, 3.8) is 0 Å². The molecule has 0 saturated heterocycles. The SMILES string of the molecule is CCOC(=O)c1nnn(CS(=O)(=O)c2ccc(Cl)cc2)c1C. The Morgan fingerprint density at radius 3 is 2.55 bits per heavy atom. The minimum atomic E-state index is -3.63. The van der Waals surface area contributed by atoms with Crippen molar-refractivity contribution in [1.29, 1.82) is 0 Å². The molecule has 0 fully saturated rings. The van der Waals surface area contributed by atoms with Crippen molar-refractivity contribution in [2.24, 2.45) is 0 Å². The second kappa shape index (κ2) is 6.45. The molecular weight excluding hydrogens is 330 g/mol. The third kappa shape index (κ3) is 3.45. The average molecular weight is 344 g/mol. The van der Waals surface area contributed by atoms with Crippen LogP contribution in [0.2, 0.25) is 5.02 Å². The molecule has 0 N–H and O–H groups in total. The van der Waals surface area contributed by atoms with Crippen LogP contribution >= 0.6 is 11.6 Å². The second-order valence-electron chi connectivity index (χ2n) is 4.44. The molecule has 0 bridgehead atoms. The number of aromatic nitrogens is 3. The van der Waals surface area contributed by atoms with Gasteiger partial charge in [0.05, 0.1) is 17.2 Å². The standard InChI is InChI=1S/C13H14ClN3O4S/c1-3-21-13(18)12-9(2)17(16-15-12)8-22(19,20)11-6-4-10(14)5-7-11/h4-7H,3,8H2,1-2H3. The molecule has 0 aliphatic heterocycles. The molecule has 0 aliphatic rings. The molecule has 0 aliphatic carbocycles. The van der Waals surface area contributed by atoms with Gasteiger partial charge < -0.3 is 4.74 Å². The van der Waals surface area contributed by atoms with Crippen LogP contribution in [-0.4, -0.2) is 36.0 Å². The third-order valence-corrected chi connectivity index (χ3v) is 4.74. The van der Waals surface area contributed by atoms with Crippen molar-refractivity contribution in [3.8, 4) is 0 Å². The highest BCUT2D eigenvalue weighted by Crippen LogP contribution is 2.17. The largest absolute Gasteiger partial charge is 0.461 e. The van der Waals surface area contributed by atoms with Crippen molar-refractivity contribution in [1.82, 2.24) is 15.0 Å². The molecule has 0 atom stereocenters. The highest BCUT2D eigenvalue weighted by Gasteiger charge is 2.22. The van der Waals surface area contributed by atoms with E-state index < -0.39 is 21.7 Å². The Kier molecular flexibility index (Phi) is 4.82. The van der Waals surface area contributed by atoms with Gasteiger partial charge >= 0.3 is 5.97 Å². The number of carbonyl (C=O) groups is 1. The maximum absolute atomic E-state index is 12.3. The Morgan fingerprint density at radius 2 is 1.95 bits per heavy atom. The van der Waals surface area contributed by atoms with Gasteiger partial charge in [-0.1, -0.05) is 16.8 Å². The van der Waals surface area contributed by atoms with Crippen molar-refractivity contribution in [2.45, 2.75) is 24.6 Å². The van der Waals surface area contributed by atoms with E-state index in [1.807, 2.05) is 0 Å². The van der Waals surface area contributed by atoms with E-state index in [1.165, 1.54) is 24.3 Å². The summed E-state index contributed by atoms with van der Waals surface area (Å²) in [6.45, 7) is 3.43. The molecule has 0 amide bonds. The van der Waals surface area contributed by atoms with E-state index in [2.05, 4.69) is 10.3 Å². The molecule has 0 saturated carbocycles. The van der Waals surface area contributed by atoms with Crippen LogP contribution < -0.4 is 0 Å². The number of carbonyl (C=O) groups excluding carboxylic acids is 1. The Labute approximate surface area is 132 Å². The van der Waals surface area contributed by atoms with Gasteiger partial charge in [0, 0.05) is 5.02 Å². The summed E-state index contributed by atoms with van der Waals surface area (Å²) < 4.78 is 30.6. The summed E-state index contributed by atoms with van der Waals surface area (Å²) in [6.07, 6.45) is 0. The quantitative estimate of drug-likeness (QED) is 0.769. The normalized spacial score (nSPS) is 11.4. The highest BCUT2D eigenvalue weighted by atomic mass is 35.5. The number of hydrogen-bond acceptors (Lipinski definition) is 6. The van der Waals surface area contributed by atoms with Crippen molar-refractivity contribution in [3.05, 3.63) is 40.7 Å². The number of ether oxygens (including phenoxy) is 1. The van der Waals surface area contributed by atoms with Crippen molar-refractivity contribution < 1.29 is 17.9 Å². The molecule has 1 heterocycles. The average Bonchev–Trinajstić information content (AvgIpc) is 2.80. The Bertz CT molecular complexity index is 784. The summed E-state index contributed by atoms with van der Waals surface area (Å²) >= 11 is 5.74. The van der Waals surface area contributed by atoms with Crippen LogP contribution in [0.25, 0.3) is 0 Å². The number of hydrogen-bond donors (Lipinski definition) is 0. The molecule has 7 nitrogen and oxygen atoms in total. The van der Waals surface area contributed by atoms with Gasteiger partial charge in [-0.05, 0) is 38.1 Å². The van der Waals surface area contributed by atoms with E-state index in [1.54, 1.807) is 13.8 Å². The zero-order valence-corrected chi connectivity index (χ0v) is 13.6. The molecule has 9 heteroatoms. The lowest BCUT2D eigenvalue weighted by molar-refractivity contribution is 0.0518. The smallest absolute Gasteiger partial charge is 0.360 e. The van der Waals surface area contributed by atoms with Gasteiger partial charge in [-0.2, -0.15) is 0 Å². The van der Waals surface area contributed by atoms with Crippen molar-refractivity contribution in [2.75, 3.05) is 6.61 Å². The van der Waals surface area contributed by atoms with Crippen molar-refractivity contribution >= 4 is 27.4 Å². The maximum atomic E-state index is 12.3. The van der Waals surface area contributed by atoms with Crippen LogP contribution in [0.15, 0.2) is 29.2 Å². The topological polar surface area (TPSA) is 91.2 Å². The summed E-state index contributed by atoms with van der Waals surface area (Å²) in [5.74, 6) is -1.05. The summed E-state index contributed by atoms with van der Waals surface area (Å²) in [5, 5.41) is 7.83. The van der Waals surface area contributed by atoms with E-state index in [0.717, 1.165) is 4.68 Å². The van der Waals surface area contributed by atoms with Crippen LogP contribution in [0.5, 0.6) is 0 Å². The number of esters is 1. The summed E-state index contributed by atoms with van der Waals surface area (Å²) in [5.41, 5.74) is 0.337. The Hall–Kier alpha value is -1.93. The number of sulfone groups is 1. The van der Waals surface area contributed by atoms with Crippen LogP contribution in [0, 0.1) is 6.92 Å². The van der Waals surface area contributed by atoms with Gasteiger partial charge in [-0.15, -0.1) is 5.10 Å². The predicted octanol–water partition coefficient (Wildman–Crippen LogP) is 1.85. The lowest BCUT2D eigenvalue weighted by atomic mass is 10.3. The minimum Gasteiger partial charge on any atom is -0.461 e. The van der Waals surface area contributed by atoms with Crippen LogP contribution in [0.1, 0.15) is 23.1 Å². The maximum Gasteiger partial charge on any atom is 0.360 e. The predicted molar refractivity (Wildman–Crippen MR) is 79.4 cm³/mol. The zero-order chi connectivity index (χ0) is 16.3. The molecule has 2 rings (SSSR count). The minimum absolute atomic E-state index is 0.00755. The lowest BCUT2D eigenvalue weighted by Crippen LogP contribution is -2.14. The first kappa shape index (κ1) is 16.4. The summed E-state index contributed by atoms with van der Waals surface area (Å²) in [7, 11) is -3.63. The van der Waals surface area contributed by atoms with E-state index in [0.29, 0.717) is 10.7 Å². The van der Waals surface area contributed by atoms with Gasteiger partial charge in [0.25, 0.3) is 0 Å². The molecule has 22 heavy (non-hydrogen) atoms. The number of benzene rings is 1. The number of halogens is 1. The van der Waals surface area contributed by atoms with E-state index >= 15 is 0 Å². The summed E-state index contributed by atoms with van der Waals surface area (Å²) in [4.78, 5) is 11.8. The lowest BCUT2D eigenvalue weighted by Gasteiger charge is -2.06. The Balaban J connectivity index is 2.27. The monoisotopic (exact) mass is 343 g/mol. The molecule has 0 radical (unpaired) electrons. The van der Waals surface area contributed by atoms with Crippen LogP contribution in [-0.2, 0) is 20.5 Å². The fourth-order valence-corrected chi connectivity index (χ4v) is 3.14. The van der Waals surface area contributed by atoms with Gasteiger partial charge in [0.2, 0.25) is 0 Å². The first-order valence-electron chi connectivity index (χ1n) is 6.40. The fraction of sp³-hybridized carbons (Fsp3) is 0.308. The molecule has 2 aromatic rings. The second-order valence-corrected chi connectivity index (χ2v) is 6.84. The van der Waals surface area contributed by atoms with E-state index in [9.17, 15) is 13.2 Å². The molecule has 118 valence electrons. The van der Waals surface area contributed by atoms with Crippen LogP contribution in [0.4, 0.5) is 0 Å². The summed E-state index contributed by atoms with van der Waals surface area (Å²) in [6, 6.07) is 5.81. The third-order valence-electron chi connectivity index (χ3n) is 2.92. The molecule has 1 aromatic carbocycles. The number of rotatable bonds is 5. The van der Waals surface area contributed by atoms with Gasteiger partial charge in [0.15, 0.2) is 15.5 Å². The number of nitrogens with zero attached hydrogens (tertiary/aromatic N) is 3. The van der Waals surface area contributed by atoms with Crippen LogP contribution in [0.3, 0.4) is 0 Å². The van der Waals surface area contributed by atoms with Gasteiger partial charge in [0.1, 0.15) is 5.88 Å². The van der Waals surface area contributed by atoms with Gasteiger partial charge in [-0.3, -0.25) is 0 Å². The fourth-order valence-electron chi connectivity index (χ4n) is 1.75. The van der Waals surface area contributed by atoms with Gasteiger partial charge in [-0.25, -0.2) is 17.9 Å². The molecule has 0 spiro atoms. The first-order chi connectivity index (χ1) is 10.3. The Morgan fingerprint density at radius 1 is 1.32 bits per heavy atom. The first-order valence-corrected chi connectivity index (χ1v) is 8.43. The molecule has 1 aromatic heterocycles. The van der Waals surface area contributed by atoms with E-state index in [4.69, 9.17) is 16.3 Å². The highest BCUT2D eigenvalue weighted by molar-refractivity contribution is 7.90. The molecular formula is C13H14ClN3O4S. The molecule has 0 unspecified atom stereocenters. The van der Waals surface area contributed by atoms with E-state index in [-0.39, 0.29) is 17.2 Å².